The maximum Gasteiger partial charge on any atom is 0.0139 e. The van der Waals surface area contributed by atoms with Gasteiger partial charge in [0, 0.05) is 5.03 Å². The molecule has 0 amide bonds. The van der Waals surface area contributed by atoms with Crippen LogP contribution in [-0.4, -0.2) is 0 Å². The zero-order chi connectivity index (χ0) is 7.28. The Kier molecular flexibility index (Phi) is 4.51. The first-order chi connectivity index (χ1) is 4.18. The SMILES string of the molecule is C=CCC/C(C)=C(\C)Cl. The molecule has 0 rings (SSSR count). The highest BCUT2D eigenvalue weighted by atomic mass is 35.5. The van der Waals surface area contributed by atoms with Crippen LogP contribution < -0.4 is 0 Å². The molecule has 0 aliphatic rings. The predicted octanol–water partition coefficient (Wildman–Crippen LogP) is 3.49. The van der Waals surface area contributed by atoms with Gasteiger partial charge in [-0.25, -0.2) is 0 Å². The lowest BCUT2D eigenvalue weighted by molar-refractivity contribution is 0.972. The average molecular weight is 145 g/mol. The van der Waals surface area contributed by atoms with Gasteiger partial charge in [0.25, 0.3) is 0 Å². The molecule has 0 unspecified atom stereocenters. The van der Waals surface area contributed by atoms with Gasteiger partial charge >= 0.3 is 0 Å². The molecule has 9 heavy (non-hydrogen) atoms. The average Bonchev–Trinajstić information content (AvgIpc) is 1.82. The molecule has 0 aromatic carbocycles. The minimum absolute atomic E-state index is 0.914. The van der Waals surface area contributed by atoms with Crippen molar-refractivity contribution in [2.24, 2.45) is 0 Å². The van der Waals surface area contributed by atoms with Crippen molar-refractivity contribution in [3.8, 4) is 0 Å². The summed E-state index contributed by atoms with van der Waals surface area (Å²) in [7, 11) is 0. The van der Waals surface area contributed by atoms with E-state index in [2.05, 4.69) is 6.58 Å². The fourth-order valence-electron chi connectivity index (χ4n) is 0.491. The summed E-state index contributed by atoms with van der Waals surface area (Å²) in [5.74, 6) is 0. The zero-order valence-electron chi connectivity index (χ0n) is 6.08. The van der Waals surface area contributed by atoms with Gasteiger partial charge in [0.2, 0.25) is 0 Å². The Morgan fingerprint density at radius 3 is 2.44 bits per heavy atom. The molecule has 0 N–H and O–H groups in total. The quantitative estimate of drug-likeness (QED) is 0.532. The summed E-state index contributed by atoms with van der Waals surface area (Å²) in [6.45, 7) is 7.59. The van der Waals surface area contributed by atoms with E-state index in [-0.39, 0.29) is 0 Å². The maximum atomic E-state index is 5.71. The fraction of sp³-hybridized carbons (Fsp3) is 0.500. The molecule has 0 heterocycles. The molecule has 0 nitrogen and oxygen atoms in total. The van der Waals surface area contributed by atoms with E-state index >= 15 is 0 Å². The number of allylic oxidation sites excluding steroid dienone is 3. The molecule has 0 aromatic rings. The van der Waals surface area contributed by atoms with E-state index in [9.17, 15) is 0 Å². The number of halogens is 1. The standard InChI is InChI=1S/C8H13Cl/c1-4-5-6-7(2)8(3)9/h4H,1,5-6H2,2-3H3/b8-7+. The van der Waals surface area contributed by atoms with Gasteiger partial charge in [-0.05, 0) is 26.7 Å². The summed E-state index contributed by atoms with van der Waals surface area (Å²) in [5.41, 5.74) is 1.26. The molecule has 0 aromatic heterocycles. The monoisotopic (exact) mass is 144 g/mol. The Balaban J connectivity index is 3.62. The van der Waals surface area contributed by atoms with Crippen LogP contribution in [0.25, 0.3) is 0 Å². The Bertz CT molecular complexity index is 119. The molecule has 0 aliphatic heterocycles. The van der Waals surface area contributed by atoms with Gasteiger partial charge in [0.15, 0.2) is 0 Å². The van der Waals surface area contributed by atoms with Crippen molar-refractivity contribution in [3.05, 3.63) is 23.3 Å². The van der Waals surface area contributed by atoms with Crippen LogP contribution >= 0.6 is 11.6 Å². The van der Waals surface area contributed by atoms with Gasteiger partial charge < -0.3 is 0 Å². The predicted molar refractivity (Wildman–Crippen MR) is 43.7 cm³/mol. The van der Waals surface area contributed by atoms with Crippen LogP contribution in [0, 0.1) is 0 Å². The molecule has 0 fully saturated rings. The van der Waals surface area contributed by atoms with Gasteiger partial charge in [-0.3, -0.25) is 0 Å². The van der Waals surface area contributed by atoms with Crippen LogP contribution in [-0.2, 0) is 0 Å². The summed E-state index contributed by atoms with van der Waals surface area (Å²) in [6, 6.07) is 0. The van der Waals surface area contributed by atoms with Crippen molar-refractivity contribution in [2.45, 2.75) is 26.7 Å². The lowest BCUT2D eigenvalue weighted by atomic mass is 10.1. The van der Waals surface area contributed by atoms with Crippen molar-refractivity contribution in [2.75, 3.05) is 0 Å². The molecular formula is C8H13Cl. The first kappa shape index (κ1) is 8.77. The molecule has 0 spiro atoms. The second-order valence-corrected chi connectivity index (χ2v) is 2.71. The highest BCUT2D eigenvalue weighted by Crippen LogP contribution is 2.12. The number of hydrogen-bond donors (Lipinski definition) is 0. The van der Waals surface area contributed by atoms with Crippen LogP contribution in [0.2, 0.25) is 0 Å². The van der Waals surface area contributed by atoms with Gasteiger partial charge in [-0.15, -0.1) is 6.58 Å². The largest absolute Gasteiger partial charge is 0.103 e. The third-order valence-corrected chi connectivity index (χ3v) is 1.63. The highest BCUT2D eigenvalue weighted by Gasteiger charge is 1.90. The lowest BCUT2D eigenvalue weighted by Gasteiger charge is -1.96. The van der Waals surface area contributed by atoms with Crippen molar-refractivity contribution in [1.29, 1.82) is 0 Å². The molecule has 0 radical (unpaired) electrons. The van der Waals surface area contributed by atoms with E-state index in [1.807, 2.05) is 19.9 Å². The molecule has 0 atom stereocenters. The smallest absolute Gasteiger partial charge is 0.0139 e. The van der Waals surface area contributed by atoms with Gasteiger partial charge in [-0.1, -0.05) is 23.3 Å². The molecule has 0 saturated heterocycles. The zero-order valence-corrected chi connectivity index (χ0v) is 6.83. The molecule has 0 aliphatic carbocycles. The van der Waals surface area contributed by atoms with E-state index < -0.39 is 0 Å². The summed E-state index contributed by atoms with van der Waals surface area (Å²) in [4.78, 5) is 0. The first-order valence-corrected chi connectivity index (χ1v) is 3.49. The van der Waals surface area contributed by atoms with Crippen molar-refractivity contribution < 1.29 is 0 Å². The summed E-state index contributed by atoms with van der Waals surface area (Å²) < 4.78 is 0. The fourth-order valence-corrected chi connectivity index (χ4v) is 0.585. The van der Waals surface area contributed by atoms with Crippen LogP contribution in [0.4, 0.5) is 0 Å². The van der Waals surface area contributed by atoms with Crippen molar-refractivity contribution in [3.63, 3.8) is 0 Å². The molecule has 0 saturated carbocycles. The summed E-state index contributed by atoms with van der Waals surface area (Å²) >= 11 is 5.71. The topological polar surface area (TPSA) is 0 Å². The van der Waals surface area contributed by atoms with E-state index in [0.717, 1.165) is 17.9 Å². The Hall–Kier alpha value is -0.230. The number of hydrogen-bond acceptors (Lipinski definition) is 0. The van der Waals surface area contributed by atoms with Crippen LogP contribution in [0.1, 0.15) is 26.7 Å². The molecule has 52 valence electrons. The molecule has 1 heteroatoms. The van der Waals surface area contributed by atoms with Crippen LogP contribution in [0.15, 0.2) is 23.3 Å². The maximum absolute atomic E-state index is 5.71. The third kappa shape index (κ3) is 4.28. The van der Waals surface area contributed by atoms with Crippen molar-refractivity contribution >= 4 is 11.6 Å². The normalized spacial score (nSPS) is 12.8. The Morgan fingerprint density at radius 2 is 2.11 bits per heavy atom. The van der Waals surface area contributed by atoms with Gasteiger partial charge in [-0.2, -0.15) is 0 Å². The second-order valence-electron chi connectivity index (χ2n) is 2.14. The van der Waals surface area contributed by atoms with E-state index in [0.29, 0.717) is 0 Å². The van der Waals surface area contributed by atoms with Crippen LogP contribution in [0.5, 0.6) is 0 Å². The molecule has 0 bridgehead atoms. The minimum atomic E-state index is 0.914. The van der Waals surface area contributed by atoms with Gasteiger partial charge in [0.1, 0.15) is 0 Å². The van der Waals surface area contributed by atoms with E-state index in [4.69, 9.17) is 11.6 Å². The summed E-state index contributed by atoms with van der Waals surface area (Å²) in [6.07, 6.45) is 3.97. The van der Waals surface area contributed by atoms with Crippen LogP contribution in [0.3, 0.4) is 0 Å². The highest BCUT2D eigenvalue weighted by molar-refractivity contribution is 6.29. The minimum Gasteiger partial charge on any atom is -0.103 e. The van der Waals surface area contributed by atoms with E-state index in [1.165, 1.54) is 5.57 Å². The summed E-state index contributed by atoms with van der Waals surface area (Å²) in [5, 5.41) is 0.914. The number of rotatable bonds is 3. The first-order valence-electron chi connectivity index (χ1n) is 3.11. The lowest BCUT2D eigenvalue weighted by Crippen LogP contribution is -1.76. The van der Waals surface area contributed by atoms with E-state index in [1.54, 1.807) is 0 Å². The Labute approximate surface area is 62.2 Å². The Morgan fingerprint density at radius 1 is 1.56 bits per heavy atom. The van der Waals surface area contributed by atoms with Gasteiger partial charge in [0.05, 0.1) is 0 Å². The van der Waals surface area contributed by atoms with Crippen molar-refractivity contribution in [1.82, 2.24) is 0 Å². The molecular weight excluding hydrogens is 132 g/mol. The third-order valence-electron chi connectivity index (χ3n) is 1.31. The second kappa shape index (κ2) is 4.63.